The van der Waals surface area contributed by atoms with Crippen molar-refractivity contribution in [1.82, 2.24) is 14.9 Å². The molecule has 0 aliphatic carbocycles. The van der Waals surface area contributed by atoms with E-state index in [0.29, 0.717) is 0 Å². The van der Waals surface area contributed by atoms with Crippen molar-refractivity contribution in [1.29, 1.82) is 0 Å². The highest BCUT2D eigenvalue weighted by atomic mass is 16.1. The highest BCUT2D eigenvalue weighted by Gasteiger charge is 2.21. The van der Waals surface area contributed by atoms with Gasteiger partial charge in [-0.15, -0.1) is 0 Å². The molecule has 2 aromatic carbocycles. The summed E-state index contributed by atoms with van der Waals surface area (Å²) < 4.78 is 2.26. The van der Waals surface area contributed by atoms with Gasteiger partial charge in [-0.3, -0.25) is 4.79 Å². The zero-order valence-corrected chi connectivity index (χ0v) is 15.8. The molecule has 0 unspecified atom stereocenters. The van der Waals surface area contributed by atoms with Crippen molar-refractivity contribution in [3.8, 4) is 0 Å². The molecule has 1 N–H and O–H groups in total. The number of nitrogens with one attached hydrogen (secondary N) is 1. The number of carbonyl (C=O) groups is 1. The summed E-state index contributed by atoms with van der Waals surface area (Å²) in [6, 6.07) is 16.6. The fourth-order valence-corrected chi connectivity index (χ4v) is 3.40. The monoisotopic (exact) mass is 349 g/mol. The molecule has 0 saturated carbocycles. The fourth-order valence-electron chi connectivity index (χ4n) is 3.40. The molecule has 1 heterocycles. The van der Waals surface area contributed by atoms with E-state index >= 15 is 0 Å². The zero-order chi connectivity index (χ0) is 18.5. The lowest BCUT2D eigenvalue weighted by molar-refractivity contribution is -0.119. The van der Waals surface area contributed by atoms with Crippen molar-refractivity contribution in [2.75, 3.05) is 0 Å². The second kappa shape index (κ2) is 8.17. The van der Waals surface area contributed by atoms with Crippen LogP contribution in [0.3, 0.4) is 0 Å². The standard InChI is InChI=1S/C22H27N3O/c1-4-5-12-20(23-17(3)26)22-24-19-13-8-9-14-21(19)25(22)15-18-11-7-6-10-16(18)2/h6-11,13-14,20H,4-5,12,15H2,1-3H3,(H,23,26)/t20-/m1/s1. The first-order valence-corrected chi connectivity index (χ1v) is 9.37. The van der Waals surface area contributed by atoms with Gasteiger partial charge in [-0.1, -0.05) is 56.2 Å². The van der Waals surface area contributed by atoms with Gasteiger partial charge in [-0.2, -0.15) is 0 Å². The summed E-state index contributed by atoms with van der Waals surface area (Å²) in [6.07, 6.45) is 3.04. The van der Waals surface area contributed by atoms with Crippen molar-refractivity contribution < 1.29 is 4.79 Å². The summed E-state index contributed by atoms with van der Waals surface area (Å²) in [7, 11) is 0. The Hall–Kier alpha value is -2.62. The van der Waals surface area contributed by atoms with Crippen molar-refractivity contribution in [2.24, 2.45) is 0 Å². The molecular formula is C22H27N3O. The Morgan fingerprint density at radius 2 is 1.88 bits per heavy atom. The number of unbranched alkanes of at least 4 members (excludes halogenated alkanes) is 1. The summed E-state index contributed by atoms with van der Waals surface area (Å²) in [5, 5.41) is 3.11. The molecular weight excluding hydrogens is 322 g/mol. The van der Waals surface area contributed by atoms with Crippen LogP contribution in [0.15, 0.2) is 48.5 Å². The van der Waals surface area contributed by atoms with Crippen molar-refractivity contribution in [3.05, 3.63) is 65.5 Å². The van der Waals surface area contributed by atoms with Gasteiger partial charge in [0.05, 0.1) is 17.1 Å². The van der Waals surface area contributed by atoms with E-state index in [-0.39, 0.29) is 11.9 Å². The Labute approximate surface area is 155 Å². The quantitative estimate of drug-likeness (QED) is 0.668. The summed E-state index contributed by atoms with van der Waals surface area (Å²) in [6.45, 7) is 6.63. The Kier molecular flexibility index (Phi) is 5.71. The van der Waals surface area contributed by atoms with E-state index in [4.69, 9.17) is 4.98 Å². The Morgan fingerprint density at radius 3 is 2.62 bits per heavy atom. The molecule has 3 rings (SSSR count). The van der Waals surface area contributed by atoms with Gasteiger partial charge in [-0.25, -0.2) is 4.98 Å². The number of amides is 1. The molecule has 26 heavy (non-hydrogen) atoms. The largest absolute Gasteiger partial charge is 0.346 e. The predicted octanol–water partition coefficient (Wildman–Crippen LogP) is 4.76. The topological polar surface area (TPSA) is 46.9 Å². The van der Waals surface area contributed by atoms with Crippen LogP contribution in [-0.4, -0.2) is 15.5 Å². The highest BCUT2D eigenvalue weighted by Crippen LogP contribution is 2.26. The lowest BCUT2D eigenvalue weighted by Crippen LogP contribution is -2.28. The van der Waals surface area contributed by atoms with E-state index in [0.717, 1.165) is 42.7 Å². The molecule has 1 aromatic heterocycles. The average molecular weight is 349 g/mol. The smallest absolute Gasteiger partial charge is 0.217 e. The second-order valence-corrected chi connectivity index (χ2v) is 6.87. The lowest BCUT2D eigenvalue weighted by Gasteiger charge is -2.20. The van der Waals surface area contributed by atoms with Crippen LogP contribution >= 0.6 is 0 Å². The minimum Gasteiger partial charge on any atom is -0.346 e. The fraction of sp³-hybridized carbons (Fsp3) is 0.364. The Bertz CT molecular complexity index is 897. The van der Waals surface area contributed by atoms with E-state index in [1.807, 2.05) is 18.2 Å². The third-order valence-corrected chi connectivity index (χ3v) is 4.81. The lowest BCUT2D eigenvalue weighted by atomic mass is 10.1. The third kappa shape index (κ3) is 3.96. The number of hydrogen-bond donors (Lipinski definition) is 1. The second-order valence-electron chi connectivity index (χ2n) is 6.87. The maximum atomic E-state index is 11.8. The average Bonchev–Trinajstić information content (AvgIpc) is 2.99. The van der Waals surface area contributed by atoms with Gasteiger partial charge in [0.1, 0.15) is 5.82 Å². The van der Waals surface area contributed by atoms with Crippen LogP contribution in [0.4, 0.5) is 0 Å². The number of aromatic nitrogens is 2. The number of imidazole rings is 1. The molecule has 0 bridgehead atoms. The first-order valence-electron chi connectivity index (χ1n) is 9.37. The van der Waals surface area contributed by atoms with E-state index in [1.165, 1.54) is 11.1 Å². The first-order chi connectivity index (χ1) is 12.6. The SMILES string of the molecule is CCCC[C@@H](NC(C)=O)c1nc2ccccc2n1Cc1ccccc1C. The number of rotatable bonds is 7. The Morgan fingerprint density at radius 1 is 1.15 bits per heavy atom. The first kappa shape index (κ1) is 18.2. The third-order valence-electron chi connectivity index (χ3n) is 4.81. The summed E-state index contributed by atoms with van der Waals surface area (Å²) in [5.41, 5.74) is 4.62. The molecule has 4 nitrogen and oxygen atoms in total. The molecule has 0 radical (unpaired) electrons. The molecule has 0 aliphatic rings. The molecule has 1 atom stereocenters. The molecule has 0 fully saturated rings. The number of para-hydroxylation sites is 2. The van der Waals surface area contributed by atoms with Crippen LogP contribution in [0.2, 0.25) is 0 Å². The van der Waals surface area contributed by atoms with Crippen LogP contribution in [0.25, 0.3) is 11.0 Å². The van der Waals surface area contributed by atoms with Gasteiger partial charge >= 0.3 is 0 Å². The number of nitrogens with zero attached hydrogens (tertiary/aromatic N) is 2. The van der Waals surface area contributed by atoms with Gasteiger partial charge in [0.25, 0.3) is 0 Å². The van der Waals surface area contributed by atoms with Gasteiger partial charge in [-0.05, 0) is 36.6 Å². The highest BCUT2D eigenvalue weighted by molar-refractivity contribution is 5.77. The van der Waals surface area contributed by atoms with E-state index < -0.39 is 0 Å². The number of fused-ring (bicyclic) bond motifs is 1. The van der Waals surface area contributed by atoms with Crippen LogP contribution in [0, 0.1) is 6.92 Å². The minimum absolute atomic E-state index is 0.0133. The number of benzene rings is 2. The summed E-state index contributed by atoms with van der Waals surface area (Å²) in [4.78, 5) is 16.7. The minimum atomic E-state index is -0.0659. The number of hydrogen-bond acceptors (Lipinski definition) is 2. The van der Waals surface area contributed by atoms with Crippen LogP contribution < -0.4 is 5.32 Å². The normalized spacial score (nSPS) is 12.3. The predicted molar refractivity (Wildman–Crippen MR) is 106 cm³/mol. The van der Waals surface area contributed by atoms with Gasteiger partial charge in [0, 0.05) is 13.5 Å². The molecule has 0 aliphatic heterocycles. The van der Waals surface area contributed by atoms with Crippen LogP contribution in [0.5, 0.6) is 0 Å². The molecule has 3 aromatic rings. The number of carbonyl (C=O) groups excluding carboxylic acids is 1. The van der Waals surface area contributed by atoms with Gasteiger partial charge in [0.15, 0.2) is 0 Å². The van der Waals surface area contributed by atoms with Gasteiger partial charge in [0.2, 0.25) is 5.91 Å². The van der Waals surface area contributed by atoms with Crippen molar-refractivity contribution in [3.63, 3.8) is 0 Å². The molecule has 0 saturated heterocycles. The van der Waals surface area contributed by atoms with Crippen LogP contribution in [-0.2, 0) is 11.3 Å². The zero-order valence-electron chi connectivity index (χ0n) is 15.8. The molecule has 1 amide bonds. The van der Waals surface area contributed by atoms with Crippen molar-refractivity contribution in [2.45, 2.75) is 52.6 Å². The molecule has 136 valence electrons. The summed E-state index contributed by atoms with van der Waals surface area (Å²) in [5.74, 6) is 0.929. The molecule has 4 heteroatoms. The summed E-state index contributed by atoms with van der Waals surface area (Å²) >= 11 is 0. The molecule has 0 spiro atoms. The van der Waals surface area contributed by atoms with E-state index in [1.54, 1.807) is 6.92 Å². The van der Waals surface area contributed by atoms with Crippen LogP contribution in [0.1, 0.15) is 56.1 Å². The maximum Gasteiger partial charge on any atom is 0.217 e. The van der Waals surface area contributed by atoms with E-state index in [9.17, 15) is 4.79 Å². The van der Waals surface area contributed by atoms with Crippen molar-refractivity contribution >= 4 is 16.9 Å². The van der Waals surface area contributed by atoms with Gasteiger partial charge < -0.3 is 9.88 Å². The van der Waals surface area contributed by atoms with E-state index in [2.05, 4.69) is 54.1 Å². The maximum absolute atomic E-state index is 11.8. The number of aryl methyl sites for hydroxylation is 1. The Balaban J connectivity index is 2.08.